The van der Waals surface area contributed by atoms with Crippen molar-refractivity contribution >= 4 is 55.2 Å². The van der Waals surface area contributed by atoms with Crippen LogP contribution in [-0.2, 0) is 0 Å². The molecule has 7 heteroatoms. The first-order valence-electron chi connectivity index (χ1n) is 7.73. The summed E-state index contributed by atoms with van der Waals surface area (Å²) in [4.78, 5) is 21.4. The molecule has 1 amide bonds. The van der Waals surface area contributed by atoms with Crippen molar-refractivity contribution in [3.63, 3.8) is 0 Å². The number of benzene rings is 2. The predicted octanol–water partition coefficient (Wildman–Crippen LogP) is 4.25. The number of amides is 1. The number of fused-ring (bicyclic) bond motifs is 1. The Hall–Kier alpha value is -1.58. The molecule has 0 saturated carbocycles. The molecule has 0 N–H and O–H groups in total. The standard InChI is InChI=1S/C18H17FIN3OS/c1-22(2)9-10-23(17(24)13-5-3-4-6-14(13)20)18-21-15-8-7-12(19)11-16(15)25-18/h3-8,11H,9-10H2,1-2H3. The molecule has 0 saturated heterocycles. The minimum Gasteiger partial charge on any atom is -0.308 e. The van der Waals surface area contributed by atoms with E-state index in [1.807, 2.05) is 43.3 Å². The van der Waals surface area contributed by atoms with Crippen LogP contribution in [0.5, 0.6) is 0 Å². The van der Waals surface area contributed by atoms with E-state index in [0.717, 1.165) is 8.27 Å². The van der Waals surface area contributed by atoms with Gasteiger partial charge in [-0.3, -0.25) is 9.69 Å². The number of nitrogens with zero attached hydrogens (tertiary/aromatic N) is 3. The molecular formula is C18H17FIN3OS. The molecule has 2 aromatic carbocycles. The zero-order valence-electron chi connectivity index (χ0n) is 13.9. The Morgan fingerprint density at radius 3 is 2.68 bits per heavy atom. The molecule has 0 bridgehead atoms. The molecule has 0 unspecified atom stereocenters. The minimum atomic E-state index is -0.300. The van der Waals surface area contributed by atoms with Crippen LogP contribution in [0.25, 0.3) is 10.2 Å². The molecule has 0 radical (unpaired) electrons. The lowest BCUT2D eigenvalue weighted by Gasteiger charge is -2.22. The first kappa shape index (κ1) is 18.2. The Morgan fingerprint density at radius 2 is 1.96 bits per heavy atom. The van der Waals surface area contributed by atoms with Crippen molar-refractivity contribution in [1.29, 1.82) is 0 Å². The maximum absolute atomic E-state index is 13.5. The van der Waals surface area contributed by atoms with Crippen molar-refractivity contribution < 1.29 is 9.18 Å². The van der Waals surface area contributed by atoms with Crippen LogP contribution in [0.4, 0.5) is 9.52 Å². The van der Waals surface area contributed by atoms with Gasteiger partial charge in [0, 0.05) is 16.7 Å². The fourth-order valence-electron chi connectivity index (χ4n) is 2.37. The van der Waals surface area contributed by atoms with E-state index in [-0.39, 0.29) is 11.7 Å². The zero-order valence-corrected chi connectivity index (χ0v) is 16.8. The van der Waals surface area contributed by atoms with E-state index in [9.17, 15) is 9.18 Å². The van der Waals surface area contributed by atoms with E-state index in [1.54, 1.807) is 11.0 Å². The largest absolute Gasteiger partial charge is 0.308 e. The Bertz CT molecular complexity index is 912. The third kappa shape index (κ3) is 4.16. The van der Waals surface area contributed by atoms with E-state index in [0.29, 0.717) is 29.3 Å². The van der Waals surface area contributed by atoms with Gasteiger partial charge in [-0.15, -0.1) is 0 Å². The molecule has 0 fully saturated rings. The van der Waals surface area contributed by atoms with Crippen LogP contribution < -0.4 is 4.90 Å². The third-order valence-corrected chi connectivity index (χ3v) is 5.67. The molecule has 0 aliphatic carbocycles. The van der Waals surface area contributed by atoms with Crippen molar-refractivity contribution in [2.75, 3.05) is 32.1 Å². The van der Waals surface area contributed by atoms with Gasteiger partial charge in [0.15, 0.2) is 5.13 Å². The van der Waals surface area contributed by atoms with Crippen LogP contribution in [0.1, 0.15) is 10.4 Å². The molecule has 3 rings (SSSR count). The Kier molecular flexibility index (Phi) is 5.65. The zero-order chi connectivity index (χ0) is 18.0. The summed E-state index contributed by atoms with van der Waals surface area (Å²) in [7, 11) is 3.92. The summed E-state index contributed by atoms with van der Waals surface area (Å²) >= 11 is 3.50. The Morgan fingerprint density at radius 1 is 1.20 bits per heavy atom. The van der Waals surface area contributed by atoms with Crippen molar-refractivity contribution in [2.24, 2.45) is 0 Å². The second kappa shape index (κ2) is 7.76. The molecule has 0 aliphatic rings. The number of likely N-dealkylation sites (N-methyl/N-ethyl adjacent to an activating group) is 1. The minimum absolute atomic E-state index is 0.0913. The van der Waals surface area contributed by atoms with Gasteiger partial charge in [0.1, 0.15) is 5.82 Å². The summed E-state index contributed by atoms with van der Waals surface area (Å²) in [5.41, 5.74) is 1.35. The van der Waals surface area contributed by atoms with Crippen LogP contribution in [-0.4, -0.2) is 43.0 Å². The van der Waals surface area contributed by atoms with Crippen LogP contribution in [0.15, 0.2) is 42.5 Å². The second-order valence-electron chi connectivity index (χ2n) is 5.85. The smallest absolute Gasteiger partial charge is 0.261 e. The van der Waals surface area contributed by atoms with E-state index in [1.165, 1.54) is 23.5 Å². The number of halogens is 2. The molecule has 1 aromatic heterocycles. The highest BCUT2D eigenvalue weighted by molar-refractivity contribution is 14.1. The Balaban J connectivity index is 2.01. The number of anilines is 1. The highest BCUT2D eigenvalue weighted by Crippen LogP contribution is 2.30. The maximum Gasteiger partial charge on any atom is 0.261 e. The van der Waals surface area contributed by atoms with Crippen LogP contribution >= 0.6 is 33.9 Å². The summed E-state index contributed by atoms with van der Waals surface area (Å²) in [6, 6.07) is 12.0. The average molecular weight is 469 g/mol. The maximum atomic E-state index is 13.5. The first-order valence-corrected chi connectivity index (χ1v) is 9.62. The van der Waals surface area contributed by atoms with E-state index < -0.39 is 0 Å². The SMILES string of the molecule is CN(C)CCN(C(=O)c1ccccc1I)c1nc2ccc(F)cc2s1. The van der Waals surface area contributed by atoms with Crippen molar-refractivity contribution in [3.8, 4) is 0 Å². The quantitative estimate of drug-likeness (QED) is 0.525. The highest BCUT2D eigenvalue weighted by Gasteiger charge is 2.23. The van der Waals surface area contributed by atoms with Gasteiger partial charge in [0.25, 0.3) is 5.91 Å². The fraction of sp³-hybridized carbons (Fsp3) is 0.222. The van der Waals surface area contributed by atoms with E-state index >= 15 is 0 Å². The second-order valence-corrected chi connectivity index (χ2v) is 8.02. The van der Waals surface area contributed by atoms with Gasteiger partial charge < -0.3 is 4.90 Å². The van der Waals surface area contributed by atoms with Crippen LogP contribution in [0, 0.1) is 9.39 Å². The predicted molar refractivity (Wildman–Crippen MR) is 109 cm³/mol. The normalized spacial score (nSPS) is 11.2. The number of hydrogen-bond donors (Lipinski definition) is 0. The molecule has 0 atom stereocenters. The monoisotopic (exact) mass is 469 g/mol. The van der Waals surface area contributed by atoms with Gasteiger partial charge in [-0.2, -0.15) is 0 Å². The van der Waals surface area contributed by atoms with Gasteiger partial charge in [0.2, 0.25) is 0 Å². The topological polar surface area (TPSA) is 36.4 Å². The number of rotatable bonds is 5. The van der Waals surface area contributed by atoms with Gasteiger partial charge >= 0.3 is 0 Å². The molecule has 0 spiro atoms. The molecule has 0 aliphatic heterocycles. The molecule has 25 heavy (non-hydrogen) atoms. The molecule has 1 heterocycles. The number of carbonyl (C=O) groups excluding carboxylic acids is 1. The molecular weight excluding hydrogens is 452 g/mol. The number of hydrogen-bond acceptors (Lipinski definition) is 4. The van der Waals surface area contributed by atoms with Gasteiger partial charge in [-0.1, -0.05) is 23.5 Å². The molecule has 130 valence electrons. The van der Waals surface area contributed by atoms with Crippen molar-refractivity contribution in [1.82, 2.24) is 9.88 Å². The van der Waals surface area contributed by atoms with Gasteiger partial charge in [-0.25, -0.2) is 9.37 Å². The van der Waals surface area contributed by atoms with Crippen LogP contribution in [0.3, 0.4) is 0 Å². The fourth-order valence-corrected chi connectivity index (χ4v) is 4.00. The lowest BCUT2D eigenvalue weighted by molar-refractivity contribution is 0.0984. The molecule has 3 aromatic rings. The lowest BCUT2D eigenvalue weighted by atomic mass is 10.2. The number of aromatic nitrogens is 1. The van der Waals surface area contributed by atoms with Gasteiger partial charge in [0.05, 0.1) is 15.8 Å². The van der Waals surface area contributed by atoms with Gasteiger partial charge in [-0.05, 0) is 67.0 Å². The summed E-state index contributed by atoms with van der Waals surface area (Å²) in [5.74, 6) is -0.391. The summed E-state index contributed by atoms with van der Waals surface area (Å²) < 4.78 is 15.1. The summed E-state index contributed by atoms with van der Waals surface area (Å²) in [6.45, 7) is 1.22. The summed E-state index contributed by atoms with van der Waals surface area (Å²) in [6.07, 6.45) is 0. The Labute approximate surface area is 163 Å². The third-order valence-electron chi connectivity index (χ3n) is 3.69. The lowest BCUT2D eigenvalue weighted by Crippen LogP contribution is -2.37. The van der Waals surface area contributed by atoms with Crippen molar-refractivity contribution in [2.45, 2.75) is 0 Å². The van der Waals surface area contributed by atoms with E-state index in [4.69, 9.17) is 0 Å². The average Bonchev–Trinajstić information content (AvgIpc) is 2.97. The van der Waals surface area contributed by atoms with Crippen molar-refractivity contribution in [3.05, 3.63) is 57.4 Å². The van der Waals surface area contributed by atoms with E-state index in [2.05, 4.69) is 27.6 Å². The summed E-state index contributed by atoms with van der Waals surface area (Å²) in [5, 5.41) is 0.590. The highest BCUT2D eigenvalue weighted by atomic mass is 127. The molecule has 4 nitrogen and oxygen atoms in total. The van der Waals surface area contributed by atoms with Crippen LogP contribution in [0.2, 0.25) is 0 Å². The number of thiazole rings is 1. The first-order chi connectivity index (χ1) is 12.0. The number of carbonyl (C=O) groups is 1.